The van der Waals surface area contributed by atoms with Crippen LogP contribution in [0.1, 0.15) is 31.7 Å². The predicted molar refractivity (Wildman–Crippen MR) is 130 cm³/mol. The lowest BCUT2D eigenvalue weighted by Gasteiger charge is -2.32. The third-order valence-corrected chi connectivity index (χ3v) is 6.66. The summed E-state index contributed by atoms with van der Waals surface area (Å²) in [5, 5.41) is 3.09. The highest BCUT2D eigenvalue weighted by atomic mass is 16.5. The summed E-state index contributed by atoms with van der Waals surface area (Å²) in [5.41, 5.74) is 3.06. The van der Waals surface area contributed by atoms with Crippen molar-refractivity contribution in [1.82, 2.24) is 19.4 Å². The number of para-hydroxylation sites is 2. The number of carbonyl (C=O) groups is 1. The number of hydrogen-bond donors (Lipinski definition) is 1. The lowest BCUT2D eigenvalue weighted by atomic mass is 9.96. The number of nitrogens with one attached hydrogen (secondary N) is 1. The van der Waals surface area contributed by atoms with Gasteiger partial charge in [0.05, 0.1) is 18.1 Å². The number of fused-ring (bicyclic) bond motifs is 1. The number of imidazole rings is 1. The summed E-state index contributed by atoms with van der Waals surface area (Å²) < 4.78 is 8.70. The van der Waals surface area contributed by atoms with E-state index < -0.39 is 0 Å². The summed E-state index contributed by atoms with van der Waals surface area (Å²) in [5.74, 6) is 1.40. The molecular weight excluding hydrogens is 416 g/mol. The van der Waals surface area contributed by atoms with E-state index >= 15 is 0 Å². The molecule has 0 aliphatic carbocycles. The molecule has 0 atom stereocenters. The lowest BCUT2D eigenvalue weighted by Crippen LogP contribution is -2.38. The number of amides is 1. The maximum absolute atomic E-state index is 12.7. The molecule has 0 saturated carbocycles. The zero-order chi connectivity index (χ0) is 23.2. The molecule has 0 bridgehead atoms. The highest BCUT2D eigenvalue weighted by Crippen LogP contribution is 2.20. The molecule has 1 aliphatic heterocycles. The fraction of sp³-hybridized carbons (Fsp3) is 0.462. The molecule has 7 heteroatoms. The minimum atomic E-state index is -0.0456. The average Bonchev–Trinajstić information content (AvgIpc) is 3.13. The van der Waals surface area contributed by atoms with Crippen molar-refractivity contribution in [3.05, 3.63) is 64.6 Å². The molecule has 7 nitrogen and oxygen atoms in total. The second-order valence-electron chi connectivity index (χ2n) is 8.79. The van der Waals surface area contributed by atoms with Crippen LogP contribution in [0.25, 0.3) is 11.0 Å². The van der Waals surface area contributed by atoms with Crippen LogP contribution >= 0.6 is 0 Å². The number of aryl methyl sites for hydroxylation is 2. The van der Waals surface area contributed by atoms with Crippen molar-refractivity contribution >= 4 is 16.9 Å². The van der Waals surface area contributed by atoms with Gasteiger partial charge in [-0.05, 0) is 68.6 Å². The van der Waals surface area contributed by atoms with Gasteiger partial charge in [-0.1, -0.05) is 24.3 Å². The van der Waals surface area contributed by atoms with Crippen molar-refractivity contribution in [3.63, 3.8) is 0 Å². The quantitative estimate of drug-likeness (QED) is 0.543. The molecule has 0 spiro atoms. The molecule has 1 saturated heterocycles. The fourth-order valence-electron chi connectivity index (χ4n) is 4.69. The van der Waals surface area contributed by atoms with Gasteiger partial charge in [0.15, 0.2) is 0 Å². The van der Waals surface area contributed by atoms with Crippen LogP contribution in [0.5, 0.6) is 5.75 Å². The first-order chi connectivity index (χ1) is 16.1. The first-order valence-corrected chi connectivity index (χ1v) is 11.9. The zero-order valence-electron chi connectivity index (χ0n) is 19.6. The monoisotopic (exact) mass is 450 g/mol. The van der Waals surface area contributed by atoms with E-state index in [1.165, 1.54) is 5.56 Å². The molecule has 1 amide bonds. The molecular formula is C26H34N4O3. The molecule has 176 valence electrons. The Bertz CT molecular complexity index is 1120. The predicted octanol–water partition coefficient (Wildman–Crippen LogP) is 3.25. The van der Waals surface area contributed by atoms with Crippen LogP contribution in [-0.2, 0) is 24.4 Å². The van der Waals surface area contributed by atoms with Crippen LogP contribution in [0, 0.1) is 5.92 Å². The molecule has 2 aromatic carbocycles. The van der Waals surface area contributed by atoms with Crippen molar-refractivity contribution in [1.29, 1.82) is 0 Å². The number of methoxy groups -OCH3 is 1. The number of nitrogens with zero attached hydrogens (tertiary/aromatic N) is 3. The Labute approximate surface area is 195 Å². The summed E-state index contributed by atoms with van der Waals surface area (Å²) in [6.07, 6.45) is 2.48. The van der Waals surface area contributed by atoms with E-state index in [0.29, 0.717) is 32.0 Å². The van der Waals surface area contributed by atoms with Gasteiger partial charge in [-0.2, -0.15) is 0 Å². The standard InChI is InChI=1S/C26H34N4O3/c1-3-29-23-6-4-5-7-24(23)30(26(29)32)17-14-25(31)27-18-20-12-15-28(16-13-20)19-21-8-10-22(33-2)11-9-21/h4-11,20H,3,12-19H2,1-2H3,(H,27,31). The normalized spacial score (nSPS) is 15.1. The van der Waals surface area contributed by atoms with Crippen LogP contribution < -0.4 is 15.7 Å². The number of likely N-dealkylation sites (tertiary alicyclic amines) is 1. The summed E-state index contributed by atoms with van der Waals surface area (Å²) in [6.45, 7) is 6.72. The largest absolute Gasteiger partial charge is 0.497 e. The van der Waals surface area contributed by atoms with Gasteiger partial charge in [0, 0.05) is 32.6 Å². The Hall–Kier alpha value is -3.06. The van der Waals surface area contributed by atoms with E-state index in [1.54, 1.807) is 16.2 Å². The van der Waals surface area contributed by atoms with E-state index in [4.69, 9.17) is 4.74 Å². The highest BCUT2D eigenvalue weighted by Gasteiger charge is 2.20. The van der Waals surface area contributed by atoms with E-state index in [1.807, 2.05) is 43.3 Å². The highest BCUT2D eigenvalue weighted by molar-refractivity contribution is 5.78. The number of carbonyl (C=O) groups excluding carboxylic acids is 1. The number of benzene rings is 2. The zero-order valence-corrected chi connectivity index (χ0v) is 19.6. The third-order valence-electron chi connectivity index (χ3n) is 6.66. The van der Waals surface area contributed by atoms with Crippen LogP contribution in [0.2, 0.25) is 0 Å². The number of ether oxygens (including phenoxy) is 1. The first-order valence-electron chi connectivity index (χ1n) is 11.9. The molecule has 0 radical (unpaired) electrons. The summed E-state index contributed by atoms with van der Waals surface area (Å²) in [7, 11) is 1.68. The number of rotatable bonds is 9. The van der Waals surface area contributed by atoms with Gasteiger partial charge in [-0.15, -0.1) is 0 Å². The first kappa shape index (κ1) is 23.1. The van der Waals surface area contributed by atoms with E-state index in [9.17, 15) is 9.59 Å². The number of hydrogen-bond acceptors (Lipinski definition) is 4. The van der Waals surface area contributed by atoms with Gasteiger partial charge in [0.1, 0.15) is 5.75 Å². The molecule has 4 rings (SSSR count). The Morgan fingerprint density at radius 1 is 1.03 bits per heavy atom. The fourth-order valence-corrected chi connectivity index (χ4v) is 4.69. The minimum Gasteiger partial charge on any atom is -0.497 e. The summed E-state index contributed by atoms with van der Waals surface area (Å²) >= 11 is 0. The average molecular weight is 451 g/mol. The maximum atomic E-state index is 12.7. The van der Waals surface area contributed by atoms with Gasteiger partial charge in [-0.25, -0.2) is 4.79 Å². The van der Waals surface area contributed by atoms with Crippen molar-refractivity contribution < 1.29 is 9.53 Å². The lowest BCUT2D eigenvalue weighted by molar-refractivity contribution is -0.121. The molecule has 1 aromatic heterocycles. The third kappa shape index (κ3) is 5.47. The van der Waals surface area contributed by atoms with Crippen LogP contribution in [0.15, 0.2) is 53.3 Å². The van der Waals surface area contributed by atoms with Crippen molar-refractivity contribution in [2.45, 2.75) is 45.8 Å². The smallest absolute Gasteiger partial charge is 0.329 e. The second-order valence-corrected chi connectivity index (χ2v) is 8.79. The Kier molecular flexibility index (Phi) is 7.50. The summed E-state index contributed by atoms with van der Waals surface area (Å²) in [6, 6.07) is 16.0. The Morgan fingerprint density at radius 2 is 1.70 bits per heavy atom. The van der Waals surface area contributed by atoms with E-state index in [2.05, 4.69) is 22.3 Å². The molecule has 1 N–H and O–H groups in total. The van der Waals surface area contributed by atoms with Gasteiger partial charge < -0.3 is 10.1 Å². The van der Waals surface area contributed by atoms with Gasteiger partial charge in [-0.3, -0.25) is 18.8 Å². The van der Waals surface area contributed by atoms with E-state index in [-0.39, 0.29) is 11.6 Å². The van der Waals surface area contributed by atoms with Crippen molar-refractivity contribution in [2.75, 3.05) is 26.7 Å². The van der Waals surface area contributed by atoms with Crippen LogP contribution in [0.4, 0.5) is 0 Å². The van der Waals surface area contributed by atoms with E-state index in [0.717, 1.165) is 49.3 Å². The number of piperidine rings is 1. The Balaban J connectivity index is 1.21. The van der Waals surface area contributed by atoms with Gasteiger partial charge in [0.25, 0.3) is 0 Å². The molecule has 3 aromatic rings. The van der Waals surface area contributed by atoms with Crippen molar-refractivity contribution in [2.24, 2.45) is 5.92 Å². The Morgan fingerprint density at radius 3 is 2.33 bits per heavy atom. The summed E-state index contributed by atoms with van der Waals surface area (Å²) in [4.78, 5) is 27.7. The topological polar surface area (TPSA) is 68.5 Å². The van der Waals surface area contributed by atoms with Crippen LogP contribution in [-0.4, -0.2) is 46.7 Å². The maximum Gasteiger partial charge on any atom is 0.329 e. The molecule has 2 heterocycles. The van der Waals surface area contributed by atoms with Crippen LogP contribution in [0.3, 0.4) is 0 Å². The molecule has 1 fully saturated rings. The SMILES string of the molecule is CCn1c(=O)n(CCC(=O)NCC2CCN(Cc3ccc(OC)cc3)CC2)c2ccccc21. The minimum absolute atomic E-state index is 0.0101. The molecule has 33 heavy (non-hydrogen) atoms. The molecule has 0 unspecified atom stereocenters. The van der Waals surface area contributed by atoms with Crippen molar-refractivity contribution in [3.8, 4) is 5.75 Å². The molecule has 1 aliphatic rings. The second kappa shape index (κ2) is 10.7. The van der Waals surface area contributed by atoms with Gasteiger partial charge >= 0.3 is 5.69 Å². The van der Waals surface area contributed by atoms with Gasteiger partial charge in [0.2, 0.25) is 5.91 Å². The number of aromatic nitrogens is 2.